The Labute approximate surface area is 200 Å². The Bertz CT molecular complexity index is 1050. The van der Waals surface area contributed by atoms with E-state index in [9.17, 15) is 13.2 Å². The van der Waals surface area contributed by atoms with Crippen molar-refractivity contribution in [1.29, 1.82) is 0 Å². The van der Waals surface area contributed by atoms with E-state index in [-0.39, 0.29) is 24.6 Å². The predicted molar refractivity (Wildman–Crippen MR) is 124 cm³/mol. The molecule has 10 heteroatoms. The fraction of sp³-hybridized carbons (Fsp3) is 0.292. The van der Waals surface area contributed by atoms with E-state index in [1.165, 1.54) is 6.07 Å². The van der Waals surface area contributed by atoms with Crippen molar-refractivity contribution in [3.8, 4) is 5.88 Å². The molecular weight excluding hydrogens is 465 g/mol. The van der Waals surface area contributed by atoms with Gasteiger partial charge < -0.3 is 19.7 Å². The molecule has 4 rings (SSSR count). The maximum absolute atomic E-state index is 12.8. The van der Waals surface area contributed by atoms with Gasteiger partial charge in [-0.1, -0.05) is 60.7 Å². The minimum Gasteiger partial charge on any atom is -0.475 e. The number of benzene rings is 2. The van der Waals surface area contributed by atoms with Crippen molar-refractivity contribution >= 4 is 17.3 Å². The highest BCUT2D eigenvalue weighted by Crippen LogP contribution is 2.27. The van der Waals surface area contributed by atoms with Gasteiger partial charge in [-0.2, -0.15) is 18.2 Å². The van der Waals surface area contributed by atoms with Gasteiger partial charge in [-0.15, -0.1) is 0 Å². The molecule has 0 saturated carbocycles. The molecule has 1 atom stereocenters. The smallest absolute Gasteiger partial charge is 0.451 e. The lowest BCUT2D eigenvalue weighted by Crippen LogP contribution is -2.51. The lowest BCUT2D eigenvalue weighted by Gasteiger charge is -2.36. The van der Waals surface area contributed by atoms with E-state index in [4.69, 9.17) is 21.7 Å². The molecule has 0 amide bonds. The number of nitrogens with one attached hydrogen (secondary N) is 1. The SMILES string of the molecule is FC(F)(F)c1nccc(OCC2CN(C(=S)NC(c3ccccc3)c3ccccc3)CCO2)n1. The van der Waals surface area contributed by atoms with Crippen LogP contribution in [0.2, 0.25) is 0 Å². The Kier molecular flexibility index (Phi) is 7.59. The molecule has 1 unspecified atom stereocenters. The number of hydrogen-bond acceptors (Lipinski definition) is 5. The molecule has 0 radical (unpaired) electrons. The second-order valence-electron chi connectivity index (χ2n) is 7.67. The summed E-state index contributed by atoms with van der Waals surface area (Å²) in [4.78, 5) is 8.64. The molecule has 34 heavy (non-hydrogen) atoms. The number of aromatic nitrogens is 2. The highest BCUT2D eigenvalue weighted by Gasteiger charge is 2.35. The number of morpholine rings is 1. The lowest BCUT2D eigenvalue weighted by molar-refractivity contribution is -0.145. The summed E-state index contributed by atoms with van der Waals surface area (Å²) in [6.07, 6.45) is -4.00. The van der Waals surface area contributed by atoms with Crippen molar-refractivity contribution < 1.29 is 22.6 Å². The van der Waals surface area contributed by atoms with Crippen LogP contribution in [0.15, 0.2) is 72.9 Å². The van der Waals surface area contributed by atoms with Gasteiger partial charge in [0.25, 0.3) is 0 Å². The molecule has 1 aromatic heterocycles. The largest absolute Gasteiger partial charge is 0.475 e. The van der Waals surface area contributed by atoms with Gasteiger partial charge in [0.1, 0.15) is 12.7 Å². The molecule has 178 valence electrons. The zero-order chi connectivity index (χ0) is 24.0. The van der Waals surface area contributed by atoms with Crippen molar-refractivity contribution in [2.24, 2.45) is 0 Å². The Balaban J connectivity index is 1.39. The van der Waals surface area contributed by atoms with E-state index in [0.29, 0.717) is 24.8 Å². The predicted octanol–water partition coefficient (Wildman–Crippen LogP) is 4.24. The number of hydrogen-bond donors (Lipinski definition) is 1. The Morgan fingerprint density at radius 3 is 2.35 bits per heavy atom. The summed E-state index contributed by atoms with van der Waals surface area (Å²) in [7, 11) is 0. The third-order valence-electron chi connectivity index (χ3n) is 5.26. The molecule has 0 aliphatic carbocycles. The number of rotatable bonds is 6. The minimum atomic E-state index is -4.64. The molecule has 1 N–H and O–H groups in total. The average molecular weight is 489 g/mol. The quantitative estimate of drug-likeness (QED) is 0.521. The second kappa shape index (κ2) is 10.8. The van der Waals surface area contributed by atoms with Crippen LogP contribution in [0.1, 0.15) is 23.0 Å². The lowest BCUT2D eigenvalue weighted by atomic mass is 9.99. The van der Waals surface area contributed by atoms with E-state index in [2.05, 4.69) is 15.3 Å². The molecule has 1 saturated heterocycles. The molecule has 1 fully saturated rings. The molecule has 6 nitrogen and oxygen atoms in total. The normalized spacial score (nSPS) is 16.4. The van der Waals surface area contributed by atoms with Crippen molar-refractivity contribution in [1.82, 2.24) is 20.2 Å². The molecule has 0 spiro atoms. The monoisotopic (exact) mass is 488 g/mol. The van der Waals surface area contributed by atoms with E-state index >= 15 is 0 Å². The topological polar surface area (TPSA) is 59.5 Å². The van der Waals surface area contributed by atoms with Crippen LogP contribution in [0.25, 0.3) is 0 Å². The van der Waals surface area contributed by atoms with E-state index < -0.39 is 12.0 Å². The van der Waals surface area contributed by atoms with Crippen LogP contribution in [0, 0.1) is 0 Å². The molecule has 1 aliphatic rings. The van der Waals surface area contributed by atoms with Gasteiger partial charge in [0.2, 0.25) is 11.7 Å². The summed E-state index contributed by atoms with van der Waals surface area (Å²) in [6.45, 7) is 1.46. The molecule has 0 bridgehead atoms. The maximum Gasteiger partial charge on any atom is 0.451 e. The van der Waals surface area contributed by atoms with Gasteiger partial charge in [-0.05, 0) is 23.3 Å². The summed E-state index contributed by atoms with van der Waals surface area (Å²) in [5, 5.41) is 4.02. The first-order chi connectivity index (χ1) is 16.4. The summed E-state index contributed by atoms with van der Waals surface area (Å²) in [5.41, 5.74) is 2.15. The van der Waals surface area contributed by atoms with Crippen molar-refractivity contribution in [3.63, 3.8) is 0 Å². The first-order valence-corrected chi connectivity index (χ1v) is 11.1. The van der Waals surface area contributed by atoms with Crippen LogP contribution in [-0.4, -0.2) is 52.4 Å². The molecule has 2 aromatic carbocycles. The van der Waals surface area contributed by atoms with Crippen LogP contribution >= 0.6 is 12.2 Å². The number of thiocarbonyl (C=S) groups is 1. The fourth-order valence-corrected chi connectivity index (χ4v) is 3.89. The Morgan fingerprint density at radius 2 is 1.74 bits per heavy atom. The molecule has 2 heterocycles. The third-order valence-corrected chi connectivity index (χ3v) is 5.64. The fourth-order valence-electron chi connectivity index (χ4n) is 3.61. The number of nitrogens with zero attached hydrogens (tertiary/aromatic N) is 3. The summed E-state index contributed by atoms with van der Waals surface area (Å²) in [5.74, 6) is -1.40. The van der Waals surface area contributed by atoms with Crippen molar-refractivity contribution in [2.75, 3.05) is 26.3 Å². The third kappa shape index (κ3) is 6.21. The highest BCUT2D eigenvalue weighted by atomic mass is 32.1. The van der Waals surface area contributed by atoms with Crippen LogP contribution in [0.3, 0.4) is 0 Å². The molecular formula is C24H23F3N4O2S. The minimum absolute atomic E-state index is 0.0359. The van der Waals surface area contributed by atoms with Crippen LogP contribution in [0.4, 0.5) is 13.2 Å². The van der Waals surface area contributed by atoms with Gasteiger partial charge in [-0.3, -0.25) is 0 Å². The first-order valence-electron chi connectivity index (χ1n) is 10.7. The second-order valence-corrected chi connectivity index (χ2v) is 8.06. The molecule has 1 aliphatic heterocycles. The van der Waals surface area contributed by atoms with Gasteiger partial charge >= 0.3 is 6.18 Å². The Morgan fingerprint density at radius 1 is 1.09 bits per heavy atom. The number of ether oxygens (including phenoxy) is 2. The van der Waals surface area contributed by atoms with Gasteiger partial charge in [0, 0.05) is 25.4 Å². The molecule has 3 aromatic rings. The van der Waals surface area contributed by atoms with E-state index in [1.54, 1.807) is 0 Å². The van der Waals surface area contributed by atoms with E-state index in [0.717, 1.165) is 17.3 Å². The summed E-state index contributed by atoms with van der Waals surface area (Å²) >= 11 is 5.71. The van der Waals surface area contributed by atoms with Gasteiger partial charge in [-0.25, -0.2) is 4.98 Å². The zero-order valence-electron chi connectivity index (χ0n) is 18.1. The summed E-state index contributed by atoms with van der Waals surface area (Å²) < 4.78 is 49.7. The Hall–Kier alpha value is -3.24. The van der Waals surface area contributed by atoms with Gasteiger partial charge in [0.15, 0.2) is 5.11 Å². The zero-order valence-corrected chi connectivity index (χ0v) is 18.9. The van der Waals surface area contributed by atoms with Crippen LogP contribution in [-0.2, 0) is 10.9 Å². The van der Waals surface area contributed by atoms with Crippen LogP contribution < -0.4 is 10.1 Å². The van der Waals surface area contributed by atoms with Gasteiger partial charge in [0.05, 0.1) is 12.6 Å². The standard InChI is InChI=1S/C24H23F3N4O2S/c25-24(26,27)22-28-12-11-20(29-22)33-16-19-15-31(13-14-32-19)23(34)30-21(17-7-3-1-4-8-17)18-9-5-2-6-10-18/h1-12,19,21H,13-16H2,(H,30,34). The first kappa shape index (κ1) is 23.9. The van der Waals surface area contributed by atoms with Crippen molar-refractivity contribution in [2.45, 2.75) is 18.3 Å². The highest BCUT2D eigenvalue weighted by molar-refractivity contribution is 7.80. The van der Waals surface area contributed by atoms with E-state index in [1.807, 2.05) is 65.6 Å². The number of alkyl halides is 3. The number of halogens is 3. The average Bonchev–Trinajstić information content (AvgIpc) is 2.87. The van der Waals surface area contributed by atoms with Crippen LogP contribution in [0.5, 0.6) is 5.88 Å². The van der Waals surface area contributed by atoms with Crippen molar-refractivity contribution in [3.05, 3.63) is 89.9 Å². The summed E-state index contributed by atoms with van der Waals surface area (Å²) in [6, 6.07) is 21.2. The maximum atomic E-state index is 12.8.